The van der Waals surface area contributed by atoms with E-state index in [0.717, 1.165) is 44.8 Å². The smallest absolute Gasteiger partial charge is 0.267 e. The van der Waals surface area contributed by atoms with Crippen LogP contribution in [0.2, 0.25) is 0 Å². The molecule has 0 aliphatic carbocycles. The van der Waals surface area contributed by atoms with Gasteiger partial charge in [-0.1, -0.05) is 30.0 Å². The Labute approximate surface area is 218 Å². The number of thiocarbonyl (C=S) groups is 1. The van der Waals surface area contributed by atoms with Gasteiger partial charge in [-0.3, -0.25) is 23.8 Å². The maximum absolute atomic E-state index is 13.5. The number of ether oxygens (including phenoxy) is 1. The highest BCUT2D eigenvalue weighted by atomic mass is 32.2. The van der Waals surface area contributed by atoms with E-state index in [2.05, 4.69) is 10.2 Å². The van der Waals surface area contributed by atoms with Crippen LogP contribution in [-0.2, 0) is 16.1 Å². The Morgan fingerprint density at radius 1 is 1.22 bits per heavy atom. The molecule has 2 aliphatic rings. The zero-order chi connectivity index (χ0) is 25.1. The lowest BCUT2D eigenvalue weighted by Gasteiger charge is -2.26. The minimum absolute atomic E-state index is 0.240. The number of carbonyl (C=O) groups excluding carboxylic acids is 1. The van der Waals surface area contributed by atoms with Crippen LogP contribution in [0.25, 0.3) is 11.7 Å². The molecular weight excluding hydrogens is 498 g/mol. The van der Waals surface area contributed by atoms with Crippen LogP contribution in [0.5, 0.6) is 0 Å². The summed E-state index contributed by atoms with van der Waals surface area (Å²) in [6.45, 7) is 7.13. The Kier molecular flexibility index (Phi) is 7.51. The first kappa shape index (κ1) is 24.7. The monoisotopic (exact) mass is 525 g/mol. The molecule has 1 N–H and O–H groups in total. The van der Waals surface area contributed by atoms with Gasteiger partial charge >= 0.3 is 0 Å². The third kappa shape index (κ3) is 5.24. The van der Waals surface area contributed by atoms with E-state index in [9.17, 15) is 9.59 Å². The van der Waals surface area contributed by atoms with Crippen LogP contribution in [0, 0.1) is 6.92 Å². The first-order chi connectivity index (χ1) is 17.5. The summed E-state index contributed by atoms with van der Waals surface area (Å²) >= 11 is 6.63. The molecular formula is C25H27N5O4S2. The number of hydrogen-bond acceptors (Lipinski definition) is 9. The van der Waals surface area contributed by atoms with Crippen molar-refractivity contribution in [3.63, 3.8) is 0 Å². The molecule has 36 heavy (non-hydrogen) atoms. The van der Waals surface area contributed by atoms with E-state index in [1.54, 1.807) is 30.7 Å². The Hall–Kier alpha value is -2.99. The van der Waals surface area contributed by atoms with Gasteiger partial charge in [0.2, 0.25) is 0 Å². The standard InChI is InChI=1S/C25H27N5O4S2/c1-17-5-2-9-29-22(17)27-21(26-7-4-8-28-10-13-33-14-11-28)19(23(29)31)15-20-24(32)30(25(35)36-20)16-18-6-3-12-34-18/h2-3,5-6,9,12,15,26H,4,7-8,10-11,13-14,16H2,1H3. The van der Waals surface area contributed by atoms with Crippen molar-refractivity contribution in [2.24, 2.45) is 0 Å². The lowest BCUT2D eigenvalue weighted by atomic mass is 10.2. The van der Waals surface area contributed by atoms with Crippen molar-refractivity contribution in [2.75, 3.05) is 44.7 Å². The van der Waals surface area contributed by atoms with E-state index >= 15 is 0 Å². The largest absolute Gasteiger partial charge is 0.467 e. The summed E-state index contributed by atoms with van der Waals surface area (Å²) in [5, 5.41) is 3.35. The van der Waals surface area contributed by atoms with Crippen molar-refractivity contribution in [3.8, 4) is 0 Å². The second kappa shape index (κ2) is 11.0. The number of pyridine rings is 1. The second-order valence-electron chi connectivity index (χ2n) is 8.65. The lowest BCUT2D eigenvalue weighted by Crippen LogP contribution is -2.37. The summed E-state index contributed by atoms with van der Waals surface area (Å²) in [7, 11) is 0. The molecule has 5 rings (SSSR count). The molecule has 0 unspecified atom stereocenters. The minimum atomic E-state index is -0.256. The number of hydrogen-bond donors (Lipinski definition) is 1. The van der Waals surface area contributed by atoms with Gasteiger partial charge < -0.3 is 14.5 Å². The normalized spacial score (nSPS) is 18.0. The molecule has 0 radical (unpaired) electrons. The number of anilines is 1. The summed E-state index contributed by atoms with van der Waals surface area (Å²) in [6.07, 6.45) is 5.75. The summed E-state index contributed by atoms with van der Waals surface area (Å²) in [4.78, 5) is 35.7. The number of aromatic nitrogens is 2. The quantitative estimate of drug-likeness (QED) is 0.271. The van der Waals surface area contributed by atoms with Gasteiger partial charge in [-0.2, -0.15) is 0 Å². The van der Waals surface area contributed by atoms with Gasteiger partial charge in [0.15, 0.2) is 0 Å². The fourth-order valence-electron chi connectivity index (χ4n) is 4.24. The molecule has 188 valence electrons. The van der Waals surface area contributed by atoms with Gasteiger partial charge in [0.25, 0.3) is 11.5 Å². The van der Waals surface area contributed by atoms with Crippen LogP contribution >= 0.6 is 24.0 Å². The Balaban J connectivity index is 1.42. The number of nitrogens with one attached hydrogen (secondary N) is 1. The number of morpholine rings is 1. The highest BCUT2D eigenvalue weighted by Crippen LogP contribution is 2.34. The third-order valence-corrected chi connectivity index (χ3v) is 7.55. The number of amides is 1. The van der Waals surface area contributed by atoms with E-state index < -0.39 is 0 Å². The van der Waals surface area contributed by atoms with E-state index in [4.69, 9.17) is 26.4 Å². The molecule has 2 fully saturated rings. The molecule has 0 aromatic carbocycles. The topological polar surface area (TPSA) is 92.3 Å². The first-order valence-electron chi connectivity index (χ1n) is 11.8. The Morgan fingerprint density at radius 2 is 2.06 bits per heavy atom. The van der Waals surface area contributed by atoms with Crippen LogP contribution in [-0.4, -0.2) is 68.8 Å². The van der Waals surface area contributed by atoms with Gasteiger partial charge in [0.05, 0.1) is 36.5 Å². The lowest BCUT2D eigenvalue weighted by molar-refractivity contribution is -0.122. The van der Waals surface area contributed by atoms with Crippen LogP contribution < -0.4 is 10.9 Å². The predicted octanol–water partition coefficient (Wildman–Crippen LogP) is 3.13. The zero-order valence-corrected chi connectivity index (χ0v) is 21.6. The fourth-order valence-corrected chi connectivity index (χ4v) is 5.47. The van der Waals surface area contributed by atoms with Gasteiger partial charge in [-0.15, -0.1) is 0 Å². The molecule has 2 saturated heterocycles. The Morgan fingerprint density at radius 3 is 2.83 bits per heavy atom. The van der Waals surface area contributed by atoms with Crippen molar-refractivity contribution in [2.45, 2.75) is 19.9 Å². The fraction of sp³-hybridized carbons (Fsp3) is 0.360. The van der Waals surface area contributed by atoms with Crippen molar-refractivity contribution in [3.05, 3.63) is 68.9 Å². The van der Waals surface area contributed by atoms with Gasteiger partial charge in [-0.05, 0) is 49.7 Å². The highest BCUT2D eigenvalue weighted by molar-refractivity contribution is 8.26. The molecule has 0 spiro atoms. The van der Waals surface area contributed by atoms with Crippen LogP contribution in [0.15, 0.2) is 50.8 Å². The average Bonchev–Trinajstić information content (AvgIpc) is 3.49. The first-order valence-corrected chi connectivity index (χ1v) is 13.1. The maximum atomic E-state index is 13.5. The SMILES string of the molecule is Cc1cccn2c(=O)c(C=C3SC(=S)N(Cc4ccco4)C3=O)c(NCCCN3CCOCC3)nc12. The third-order valence-electron chi connectivity index (χ3n) is 6.17. The summed E-state index contributed by atoms with van der Waals surface area (Å²) < 4.78 is 12.7. The van der Waals surface area contributed by atoms with E-state index in [1.165, 1.54) is 21.1 Å². The molecule has 0 atom stereocenters. The number of carbonyl (C=O) groups is 1. The molecule has 0 bridgehead atoms. The van der Waals surface area contributed by atoms with Crippen LogP contribution in [0.4, 0.5) is 5.82 Å². The molecule has 11 heteroatoms. The number of rotatable bonds is 8. The van der Waals surface area contributed by atoms with Crippen LogP contribution in [0.3, 0.4) is 0 Å². The zero-order valence-electron chi connectivity index (χ0n) is 19.9. The molecule has 9 nitrogen and oxygen atoms in total. The van der Waals surface area contributed by atoms with Gasteiger partial charge in [-0.25, -0.2) is 4.98 Å². The van der Waals surface area contributed by atoms with Gasteiger partial charge in [0.1, 0.15) is 21.5 Å². The number of furan rings is 1. The summed E-state index contributed by atoms with van der Waals surface area (Å²) in [6, 6.07) is 7.30. The summed E-state index contributed by atoms with van der Waals surface area (Å²) in [5.41, 5.74) is 1.57. The number of nitrogens with zero attached hydrogens (tertiary/aromatic N) is 4. The van der Waals surface area contributed by atoms with Crippen molar-refractivity contribution < 1.29 is 13.9 Å². The maximum Gasteiger partial charge on any atom is 0.267 e. The average molecular weight is 526 g/mol. The van der Waals surface area contributed by atoms with E-state index in [0.29, 0.717) is 38.6 Å². The molecule has 2 aliphatic heterocycles. The summed E-state index contributed by atoms with van der Waals surface area (Å²) in [5.74, 6) is 0.846. The molecule has 3 aromatic heterocycles. The number of fused-ring (bicyclic) bond motifs is 1. The number of thioether (sulfide) groups is 1. The van der Waals surface area contributed by atoms with Crippen molar-refractivity contribution >= 4 is 51.7 Å². The molecule has 5 heterocycles. The highest BCUT2D eigenvalue weighted by Gasteiger charge is 2.33. The van der Waals surface area contributed by atoms with Crippen molar-refractivity contribution in [1.29, 1.82) is 0 Å². The van der Waals surface area contributed by atoms with E-state index in [-0.39, 0.29) is 18.0 Å². The molecule has 3 aromatic rings. The van der Waals surface area contributed by atoms with Crippen LogP contribution in [0.1, 0.15) is 23.3 Å². The Bertz CT molecular complexity index is 1360. The molecule has 1 amide bonds. The number of aryl methyl sites for hydroxylation is 1. The van der Waals surface area contributed by atoms with Crippen molar-refractivity contribution in [1.82, 2.24) is 19.2 Å². The minimum Gasteiger partial charge on any atom is -0.467 e. The predicted molar refractivity (Wildman–Crippen MR) is 144 cm³/mol. The van der Waals surface area contributed by atoms with E-state index in [1.807, 2.05) is 19.1 Å². The molecule has 0 saturated carbocycles. The van der Waals surface area contributed by atoms with Gasteiger partial charge in [0, 0.05) is 25.8 Å². The second-order valence-corrected chi connectivity index (χ2v) is 10.3.